The quantitative estimate of drug-likeness (QED) is 0.681. The van der Waals surface area contributed by atoms with Gasteiger partial charge in [-0.1, -0.05) is 23.7 Å². The summed E-state index contributed by atoms with van der Waals surface area (Å²) in [7, 11) is 0. The molecule has 0 saturated heterocycles. The van der Waals surface area contributed by atoms with E-state index < -0.39 is 5.82 Å². The van der Waals surface area contributed by atoms with Gasteiger partial charge in [0.15, 0.2) is 5.78 Å². The van der Waals surface area contributed by atoms with Crippen LogP contribution in [0, 0.1) is 5.82 Å². The van der Waals surface area contributed by atoms with E-state index in [0.29, 0.717) is 16.3 Å². The van der Waals surface area contributed by atoms with E-state index in [1.54, 1.807) is 30.3 Å². The molecular formula is C18H12ClFN2O2. The van der Waals surface area contributed by atoms with Gasteiger partial charge in [-0.15, -0.1) is 0 Å². The van der Waals surface area contributed by atoms with Crippen LogP contribution in [0.15, 0.2) is 65.5 Å². The Bertz CT molecular complexity index is 934. The van der Waals surface area contributed by atoms with Crippen LogP contribution in [-0.2, 0) is 6.54 Å². The predicted octanol–water partition coefficient (Wildman–Crippen LogP) is 3.59. The largest absolute Gasteiger partial charge is 0.292 e. The molecule has 0 fully saturated rings. The minimum absolute atomic E-state index is 0.216. The fraction of sp³-hybridized carbons (Fsp3) is 0.0556. The normalized spacial score (nSPS) is 10.6. The highest BCUT2D eigenvalue weighted by Crippen LogP contribution is 2.18. The number of halogens is 2. The molecule has 0 spiro atoms. The summed E-state index contributed by atoms with van der Waals surface area (Å²) >= 11 is 5.86. The zero-order valence-corrected chi connectivity index (χ0v) is 13.2. The first-order valence-corrected chi connectivity index (χ1v) is 7.53. The average Bonchev–Trinajstić information content (AvgIpc) is 2.58. The standard InChI is InChI=1S/C18H12ClFN2O2/c19-14-5-1-12(2-6-14)16-9-10-18(24)22(21-16)11-17(23)13-3-7-15(20)8-4-13/h1-10H,11H2. The maximum absolute atomic E-state index is 12.9. The lowest BCUT2D eigenvalue weighted by Crippen LogP contribution is -2.26. The second-order valence-corrected chi connectivity index (χ2v) is 5.59. The van der Waals surface area contributed by atoms with E-state index in [0.717, 1.165) is 10.2 Å². The van der Waals surface area contributed by atoms with Gasteiger partial charge in [0, 0.05) is 22.2 Å². The van der Waals surface area contributed by atoms with Gasteiger partial charge < -0.3 is 0 Å². The number of ketones is 1. The predicted molar refractivity (Wildman–Crippen MR) is 89.7 cm³/mol. The van der Waals surface area contributed by atoms with Crippen LogP contribution in [0.5, 0.6) is 0 Å². The SMILES string of the molecule is O=C(Cn1nc(-c2ccc(Cl)cc2)ccc1=O)c1ccc(F)cc1. The Morgan fingerprint density at radius 1 is 1.00 bits per heavy atom. The fourth-order valence-electron chi connectivity index (χ4n) is 2.20. The third-order valence-corrected chi connectivity index (χ3v) is 3.72. The van der Waals surface area contributed by atoms with Crippen molar-refractivity contribution < 1.29 is 9.18 Å². The molecule has 3 rings (SSSR count). The summed E-state index contributed by atoms with van der Waals surface area (Å²) in [6.07, 6.45) is 0. The first-order valence-electron chi connectivity index (χ1n) is 7.16. The van der Waals surface area contributed by atoms with E-state index in [4.69, 9.17) is 11.6 Å². The highest BCUT2D eigenvalue weighted by Gasteiger charge is 2.10. The van der Waals surface area contributed by atoms with Crippen LogP contribution in [-0.4, -0.2) is 15.6 Å². The lowest BCUT2D eigenvalue weighted by molar-refractivity contribution is 0.0966. The zero-order valence-electron chi connectivity index (χ0n) is 12.4. The first-order chi connectivity index (χ1) is 11.5. The van der Waals surface area contributed by atoms with Crippen molar-refractivity contribution in [2.75, 3.05) is 0 Å². The Kier molecular flexibility index (Phi) is 4.53. The number of nitrogens with zero attached hydrogens (tertiary/aromatic N) is 2. The van der Waals surface area contributed by atoms with Gasteiger partial charge in [-0.2, -0.15) is 5.10 Å². The molecule has 0 saturated carbocycles. The van der Waals surface area contributed by atoms with Gasteiger partial charge in [0.2, 0.25) is 0 Å². The van der Waals surface area contributed by atoms with Crippen molar-refractivity contribution in [1.29, 1.82) is 0 Å². The molecule has 2 aromatic carbocycles. The maximum Gasteiger partial charge on any atom is 0.267 e. The molecule has 0 N–H and O–H groups in total. The molecule has 4 nitrogen and oxygen atoms in total. The molecule has 3 aromatic rings. The minimum Gasteiger partial charge on any atom is -0.292 e. The maximum atomic E-state index is 12.9. The minimum atomic E-state index is -0.424. The van der Waals surface area contributed by atoms with Crippen molar-refractivity contribution in [3.8, 4) is 11.3 Å². The summed E-state index contributed by atoms with van der Waals surface area (Å²) in [4.78, 5) is 24.2. The molecule has 0 unspecified atom stereocenters. The number of hydrogen-bond donors (Lipinski definition) is 0. The third kappa shape index (κ3) is 3.58. The second kappa shape index (κ2) is 6.76. The Morgan fingerprint density at radius 3 is 2.33 bits per heavy atom. The molecule has 6 heteroatoms. The van der Waals surface area contributed by atoms with Gasteiger partial charge >= 0.3 is 0 Å². The van der Waals surface area contributed by atoms with Crippen LogP contribution in [0.3, 0.4) is 0 Å². The smallest absolute Gasteiger partial charge is 0.267 e. The lowest BCUT2D eigenvalue weighted by Gasteiger charge is -2.07. The van der Waals surface area contributed by atoms with E-state index in [1.165, 1.54) is 30.3 Å². The van der Waals surface area contributed by atoms with Crippen molar-refractivity contribution in [3.05, 3.63) is 87.4 Å². The van der Waals surface area contributed by atoms with Crippen molar-refractivity contribution in [3.63, 3.8) is 0 Å². The summed E-state index contributed by atoms with van der Waals surface area (Å²) in [6, 6.07) is 15.1. The van der Waals surface area contributed by atoms with Crippen LogP contribution in [0.4, 0.5) is 4.39 Å². The number of carbonyl (C=O) groups excluding carboxylic acids is 1. The number of aromatic nitrogens is 2. The Labute approximate surface area is 142 Å². The van der Waals surface area contributed by atoms with E-state index in [9.17, 15) is 14.0 Å². The molecule has 0 bridgehead atoms. The van der Waals surface area contributed by atoms with E-state index in [1.807, 2.05) is 0 Å². The zero-order chi connectivity index (χ0) is 17.1. The molecule has 0 aliphatic heterocycles. The first kappa shape index (κ1) is 16.1. The van der Waals surface area contributed by atoms with Crippen LogP contribution in [0.2, 0.25) is 5.02 Å². The Hall–Kier alpha value is -2.79. The molecule has 0 radical (unpaired) electrons. The summed E-state index contributed by atoms with van der Waals surface area (Å²) in [6.45, 7) is -0.216. The molecule has 24 heavy (non-hydrogen) atoms. The van der Waals surface area contributed by atoms with E-state index in [-0.39, 0.29) is 17.9 Å². The van der Waals surface area contributed by atoms with Crippen LogP contribution in [0.25, 0.3) is 11.3 Å². The van der Waals surface area contributed by atoms with Crippen molar-refractivity contribution >= 4 is 17.4 Å². The van der Waals surface area contributed by atoms with Gasteiger partial charge in [0.25, 0.3) is 5.56 Å². The number of rotatable bonds is 4. The van der Waals surface area contributed by atoms with Crippen molar-refractivity contribution in [2.24, 2.45) is 0 Å². The Balaban J connectivity index is 1.89. The average molecular weight is 343 g/mol. The fourth-order valence-corrected chi connectivity index (χ4v) is 2.33. The monoisotopic (exact) mass is 342 g/mol. The van der Waals surface area contributed by atoms with Crippen molar-refractivity contribution in [1.82, 2.24) is 9.78 Å². The highest BCUT2D eigenvalue weighted by molar-refractivity contribution is 6.30. The molecule has 0 aliphatic rings. The topological polar surface area (TPSA) is 52.0 Å². The molecule has 0 atom stereocenters. The highest BCUT2D eigenvalue weighted by atomic mass is 35.5. The van der Waals surface area contributed by atoms with Crippen LogP contribution in [0.1, 0.15) is 10.4 Å². The van der Waals surface area contributed by atoms with Gasteiger partial charge in [-0.05, 0) is 42.5 Å². The van der Waals surface area contributed by atoms with Crippen LogP contribution < -0.4 is 5.56 Å². The number of Topliss-reactive ketones (excluding diaryl/α,β-unsaturated/α-hetero) is 1. The molecule has 0 aliphatic carbocycles. The molecule has 1 heterocycles. The molecular weight excluding hydrogens is 331 g/mol. The van der Waals surface area contributed by atoms with Crippen LogP contribution >= 0.6 is 11.6 Å². The molecule has 1 aromatic heterocycles. The van der Waals surface area contributed by atoms with Crippen molar-refractivity contribution in [2.45, 2.75) is 6.54 Å². The second-order valence-electron chi connectivity index (χ2n) is 5.15. The summed E-state index contributed by atoms with van der Waals surface area (Å²) in [5.74, 6) is -0.746. The van der Waals surface area contributed by atoms with Gasteiger partial charge in [-0.3, -0.25) is 9.59 Å². The third-order valence-electron chi connectivity index (χ3n) is 3.47. The van der Waals surface area contributed by atoms with Gasteiger partial charge in [0.1, 0.15) is 12.4 Å². The summed E-state index contributed by atoms with van der Waals surface area (Å²) in [5, 5.41) is 4.82. The van der Waals surface area contributed by atoms with E-state index >= 15 is 0 Å². The lowest BCUT2D eigenvalue weighted by atomic mass is 10.1. The van der Waals surface area contributed by atoms with E-state index in [2.05, 4.69) is 5.10 Å². The van der Waals surface area contributed by atoms with Gasteiger partial charge in [0.05, 0.1) is 5.69 Å². The molecule has 0 amide bonds. The number of hydrogen-bond acceptors (Lipinski definition) is 3. The number of carbonyl (C=O) groups is 1. The summed E-state index contributed by atoms with van der Waals surface area (Å²) < 4.78 is 14.0. The molecule has 120 valence electrons. The Morgan fingerprint density at radius 2 is 1.67 bits per heavy atom. The van der Waals surface area contributed by atoms with Gasteiger partial charge in [-0.25, -0.2) is 9.07 Å². The number of benzene rings is 2. The summed E-state index contributed by atoms with van der Waals surface area (Å²) in [5.41, 5.74) is 1.27.